The maximum absolute atomic E-state index is 5.30. The summed E-state index contributed by atoms with van der Waals surface area (Å²) < 4.78 is 10.6. The molecule has 1 N–H and O–H groups in total. The highest BCUT2D eigenvalue weighted by atomic mass is 16.7. The first kappa shape index (κ1) is 15.3. The largest absolute Gasteiger partial charge is 0.371 e. The van der Waals surface area contributed by atoms with Crippen LogP contribution in [-0.4, -0.2) is 45.7 Å². The Morgan fingerprint density at radius 2 is 1.70 bits per heavy atom. The Hall–Kier alpha value is -1.10. The number of methoxy groups -OCH3 is 2. The van der Waals surface area contributed by atoms with Crippen LogP contribution in [0.1, 0.15) is 19.8 Å². The molecule has 0 bridgehead atoms. The van der Waals surface area contributed by atoms with Gasteiger partial charge < -0.3 is 19.7 Å². The minimum Gasteiger partial charge on any atom is -0.371 e. The highest BCUT2D eigenvalue weighted by molar-refractivity contribution is 5.46. The fourth-order valence-corrected chi connectivity index (χ4v) is 2.90. The molecule has 0 aromatic heterocycles. The van der Waals surface area contributed by atoms with Crippen molar-refractivity contribution in [1.82, 2.24) is 5.32 Å². The molecule has 0 radical (unpaired) electrons. The van der Waals surface area contributed by atoms with Gasteiger partial charge >= 0.3 is 0 Å². The number of para-hydroxylation sites is 1. The molecule has 0 amide bonds. The zero-order valence-electron chi connectivity index (χ0n) is 12.7. The average molecular weight is 278 g/mol. The van der Waals surface area contributed by atoms with Crippen molar-refractivity contribution in [3.63, 3.8) is 0 Å². The van der Waals surface area contributed by atoms with Crippen molar-refractivity contribution in [3.05, 3.63) is 30.3 Å². The first-order chi connectivity index (χ1) is 9.74. The molecule has 1 heterocycles. The van der Waals surface area contributed by atoms with Crippen molar-refractivity contribution in [3.8, 4) is 0 Å². The molecule has 2 rings (SSSR count). The lowest BCUT2D eigenvalue weighted by molar-refractivity contribution is -0.121. The van der Waals surface area contributed by atoms with Gasteiger partial charge in [-0.3, -0.25) is 0 Å². The zero-order chi connectivity index (χ0) is 14.4. The maximum Gasteiger partial charge on any atom is 0.171 e. The van der Waals surface area contributed by atoms with Crippen molar-refractivity contribution in [2.45, 2.75) is 38.1 Å². The van der Waals surface area contributed by atoms with Gasteiger partial charge in [-0.1, -0.05) is 18.2 Å². The first-order valence-corrected chi connectivity index (χ1v) is 7.36. The molecule has 4 heteroatoms. The number of benzene rings is 1. The summed E-state index contributed by atoms with van der Waals surface area (Å²) in [7, 11) is 3.37. The fourth-order valence-electron chi connectivity index (χ4n) is 2.90. The van der Waals surface area contributed by atoms with Crippen LogP contribution in [0, 0.1) is 0 Å². The van der Waals surface area contributed by atoms with Gasteiger partial charge in [0.1, 0.15) is 0 Å². The number of piperidine rings is 1. The number of hydrogen-bond acceptors (Lipinski definition) is 4. The molecule has 0 saturated carbocycles. The second-order valence-electron chi connectivity index (χ2n) is 5.39. The Bertz CT molecular complexity index is 373. The van der Waals surface area contributed by atoms with E-state index in [1.54, 1.807) is 14.2 Å². The van der Waals surface area contributed by atoms with Gasteiger partial charge in [0.2, 0.25) is 0 Å². The van der Waals surface area contributed by atoms with E-state index < -0.39 is 0 Å². The van der Waals surface area contributed by atoms with Crippen molar-refractivity contribution in [2.24, 2.45) is 0 Å². The van der Waals surface area contributed by atoms with E-state index in [1.807, 2.05) is 0 Å². The number of ether oxygens (including phenoxy) is 2. The van der Waals surface area contributed by atoms with Gasteiger partial charge in [-0.2, -0.15) is 0 Å². The van der Waals surface area contributed by atoms with Gasteiger partial charge in [-0.25, -0.2) is 0 Å². The standard InChI is InChI=1S/C16H26N2O2/c1-13(16(19-2)20-3)17-14-9-11-18(12-10-14)15-7-5-4-6-8-15/h4-8,13-14,16-17H,9-12H2,1-3H3. The summed E-state index contributed by atoms with van der Waals surface area (Å²) in [6.45, 7) is 4.30. The third kappa shape index (κ3) is 3.95. The molecule has 112 valence electrons. The molecule has 1 aliphatic heterocycles. The third-order valence-electron chi connectivity index (χ3n) is 3.99. The van der Waals surface area contributed by atoms with Crippen LogP contribution in [0.2, 0.25) is 0 Å². The summed E-state index contributed by atoms with van der Waals surface area (Å²) in [6, 6.07) is 11.4. The summed E-state index contributed by atoms with van der Waals surface area (Å²) in [6.07, 6.45) is 2.13. The van der Waals surface area contributed by atoms with Crippen molar-refractivity contribution >= 4 is 5.69 Å². The topological polar surface area (TPSA) is 33.7 Å². The maximum atomic E-state index is 5.30. The second kappa shape index (κ2) is 7.62. The molecule has 1 atom stereocenters. The predicted molar refractivity (Wildman–Crippen MR) is 82.1 cm³/mol. The van der Waals surface area contributed by atoms with Crippen LogP contribution in [0.5, 0.6) is 0 Å². The molecular formula is C16H26N2O2. The summed E-state index contributed by atoms with van der Waals surface area (Å²) in [5.74, 6) is 0. The molecule has 1 fully saturated rings. The number of nitrogens with one attached hydrogen (secondary N) is 1. The number of anilines is 1. The smallest absolute Gasteiger partial charge is 0.171 e. The minimum atomic E-state index is -0.179. The first-order valence-electron chi connectivity index (χ1n) is 7.36. The minimum absolute atomic E-state index is 0.179. The molecule has 0 aliphatic carbocycles. The molecule has 4 nitrogen and oxygen atoms in total. The summed E-state index contributed by atoms with van der Waals surface area (Å²) in [5.41, 5.74) is 1.32. The van der Waals surface area contributed by atoms with E-state index in [-0.39, 0.29) is 12.3 Å². The van der Waals surface area contributed by atoms with Gasteiger partial charge in [0.05, 0.1) is 6.04 Å². The lowest BCUT2D eigenvalue weighted by atomic mass is 10.0. The van der Waals surface area contributed by atoms with Crippen LogP contribution in [0.25, 0.3) is 0 Å². The highest BCUT2D eigenvalue weighted by Crippen LogP contribution is 2.20. The summed E-state index contributed by atoms with van der Waals surface area (Å²) in [4.78, 5) is 2.45. The molecule has 1 aromatic rings. The Labute approximate surface area is 122 Å². The Kier molecular flexibility index (Phi) is 5.83. The van der Waals surface area contributed by atoms with Crippen LogP contribution in [-0.2, 0) is 9.47 Å². The lowest BCUT2D eigenvalue weighted by Gasteiger charge is -2.36. The summed E-state index contributed by atoms with van der Waals surface area (Å²) >= 11 is 0. The second-order valence-corrected chi connectivity index (χ2v) is 5.39. The van der Waals surface area contributed by atoms with Crippen molar-refractivity contribution < 1.29 is 9.47 Å². The van der Waals surface area contributed by atoms with Crippen LogP contribution < -0.4 is 10.2 Å². The molecule has 1 unspecified atom stereocenters. The number of nitrogens with zero attached hydrogens (tertiary/aromatic N) is 1. The SMILES string of the molecule is COC(OC)C(C)NC1CCN(c2ccccc2)CC1. The van der Waals surface area contributed by atoms with Gasteiger partial charge in [0, 0.05) is 39.0 Å². The average Bonchev–Trinajstić information content (AvgIpc) is 2.50. The Balaban J connectivity index is 1.80. The van der Waals surface area contributed by atoms with E-state index in [2.05, 4.69) is 47.5 Å². The Morgan fingerprint density at radius 3 is 2.25 bits per heavy atom. The van der Waals surface area contributed by atoms with Gasteiger partial charge in [-0.15, -0.1) is 0 Å². The van der Waals surface area contributed by atoms with Gasteiger partial charge in [0.25, 0.3) is 0 Å². The zero-order valence-corrected chi connectivity index (χ0v) is 12.7. The van der Waals surface area contributed by atoms with Crippen molar-refractivity contribution in [2.75, 3.05) is 32.2 Å². The molecule has 1 aliphatic rings. The lowest BCUT2D eigenvalue weighted by Crippen LogP contribution is -2.49. The van der Waals surface area contributed by atoms with E-state index in [9.17, 15) is 0 Å². The van der Waals surface area contributed by atoms with E-state index in [4.69, 9.17) is 9.47 Å². The van der Waals surface area contributed by atoms with E-state index >= 15 is 0 Å². The van der Waals surface area contributed by atoms with E-state index in [0.717, 1.165) is 25.9 Å². The van der Waals surface area contributed by atoms with Gasteiger partial charge in [-0.05, 0) is 31.9 Å². The quantitative estimate of drug-likeness (QED) is 0.809. The van der Waals surface area contributed by atoms with Crippen LogP contribution >= 0.6 is 0 Å². The Morgan fingerprint density at radius 1 is 1.10 bits per heavy atom. The molecular weight excluding hydrogens is 252 g/mol. The number of hydrogen-bond donors (Lipinski definition) is 1. The predicted octanol–water partition coefficient (Wildman–Crippen LogP) is 2.25. The fraction of sp³-hybridized carbons (Fsp3) is 0.625. The number of rotatable bonds is 6. The molecule has 1 saturated heterocycles. The van der Waals surface area contributed by atoms with Crippen LogP contribution in [0.3, 0.4) is 0 Å². The van der Waals surface area contributed by atoms with Crippen LogP contribution in [0.15, 0.2) is 30.3 Å². The van der Waals surface area contributed by atoms with Crippen LogP contribution in [0.4, 0.5) is 5.69 Å². The normalized spacial score (nSPS) is 18.5. The highest BCUT2D eigenvalue weighted by Gasteiger charge is 2.23. The summed E-state index contributed by atoms with van der Waals surface area (Å²) in [5, 5.41) is 3.62. The van der Waals surface area contributed by atoms with Gasteiger partial charge in [0.15, 0.2) is 6.29 Å². The third-order valence-corrected chi connectivity index (χ3v) is 3.99. The van der Waals surface area contributed by atoms with Crippen molar-refractivity contribution in [1.29, 1.82) is 0 Å². The monoisotopic (exact) mass is 278 g/mol. The molecule has 0 spiro atoms. The van der Waals surface area contributed by atoms with E-state index in [1.165, 1.54) is 5.69 Å². The molecule has 20 heavy (non-hydrogen) atoms. The van der Waals surface area contributed by atoms with E-state index in [0.29, 0.717) is 6.04 Å². The molecule has 1 aromatic carbocycles.